The maximum absolute atomic E-state index is 14.5. The molecule has 1 aliphatic heterocycles. The number of amides is 1. The highest BCUT2D eigenvalue weighted by Gasteiger charge is 2.30. The molecule has 1 fully saturated rings. The topological polar surface area (TPSA) is 52.8 Å². The van der Waals surface area contributed by atoms with Crippen molar-refractivity contribution >= 4 is 11.8 Å². The predicted molar refractivity (Wildman–Crippen MR) is 132 cm³/mol. The lowest BCUT2D eigenvalue weighted by molar-refractivity contribution is 0.0727. The highest BCUT2D eigenvalue weighted by molar-refractivity contribution is 5.94. The lowest BCUT2D eigenvalue weighted by Crippen LogP contribution is -2.39. The molecule has 7 heteroatoms. The van der Waals surface area contributed by atoms with E-state index in [-0.39, 0.29) is 18.0 Å². The molecule has 180 valence electrons. The molecule has 34 heavy (non-hydrogen) atoms. The van der Waals surface area contributed by atoms with E-state index >= 15 is 0 Å². The van der Waals surface area contributed by atoms with Crippen LogP contribution in [0.25, 0.3) is 11.3 Å². The Bertz CT molecular complexity index is 1100. The Hall–Kier alpha value is -3.19. The van der Waals surface area contributed by atoms with Crippen molar-refractivity contribution in [3.05, 3.63) is 71.5 Å². The first-order valence-electron chi connectivity index (χ1n) is 11.9. The van der Waals surface area contributed by atoms with Crippen molar-refractivity contribution in [1.82, 2.24) is 15.0 Å². The van der Waals surface area contributed by atoms with Crippen molar-refractivity contribution in [3.8, 4) is 11.3 Å². The van der Waals surface area contributed by atoms with Gasteiger partial charge in [0.05, 0.1) is 17.7 Å². The number of hydrogen-bond donors (Lipinski definition) is 0. The summed E-state index contributed by atoms with van der Waals surface area (Å²) in [5.74, 6) is -0.138. The minimum atomic E-state index is -0.513. The average molecular weight is 465 g/mol. The first-order valence-corrected chi connectivity index (χ1v) is 11.9. The summed E-state index contributed by atoms with van der Waals surface area (Å²) in [4.78, 5) is 19.5. The van der Waals surface area contributed by atoms with Crippen molar-refractivity contribution in [2.45, 2.75) is 38.8 Å². The van der Waals surface area contributed by atoms with Gasteiger partial charge in [-0.25, -0.2) is 4.39 Å². The van der Waals surface area contributed by atoms with Crippen LogP contribution in [0.15, 0.2) is 59.1 Å². The average Bonchev–Trinajstić information content (AvgIpc) is 3.25. The zero-order chi connectivity index (χ0) is 24.1. The van der Waals surface area contributed by atoms with Crippen LogP contribution in [0.4, 0.5) is 10.3 Å². The maximum Gasteiger partial charge on any atom is 0.257 e. The molecule has 3 aromatic rings. The molecule has 2 heterocycles. The van der Waals surface area contributed by atoms with E-state index in [0.29, 0.717) is 25.0 Å². The number of piperidine rings is 1. The Morgan fingerprint density at radius 3 is 2.53 bits per heavy atom. The van der Waals surface area contributed by atoms with Gasteiger partial charge in [-0.1, -0.05) is 47.6 Å². The fourth-order valence-corrected chi connectivity index (χ4v) is 4.46. The molecule has 0 N–H and O–H groups in total. The van der Waals surface area contributed by atoms with Gasteiger partial charge in [-0.2, -0.15) is 0 Å². The summed E-state index contributed by atoms with van der Waals surface area (Å²) in [7, 11) is 3.92. The molecular weight excluding hydrogens is 431 g/mol. The summed E-state index contributed by atoms with van der Waals surface area (Å²) in [6.07, 6.45) is 3.36. The van der Waals surface area contributed by atoms with Crippen LogP contribution in [-0.4, -0.2) is 60.6 Å². The SMILES string of the molecule is CC1CCCCN1c1onc(-c2ccccc2)c1CN(CCN(C)C)C(=O)c1ccccc1F. The molecule has 1 aliphatic rings. The van der Waals surface area contributed by atoms with Crippen LogP contribution in [0.5, 0.6) is 0 Å². The molecule has 2 aromatic carbocycles. The van der Waals surface area contributed by atoms with Crippen molar-refractivity contribution < 1.29 is 13.7 Å². The van der Waals surface area contributed by atoms with Gasteiger partial charge in [0.25, 0.3) is 5.91 Å². The number of halogens is 1. The number of hydrogen-bond acceptors (Lipinski definition) is 5. The van der Waals surface area contributed by atoms with Crippen LogP contribution in [0.2, 0.25) is 0 Å². The molecule has 4 rings (SSSR count). The van der Waals surface area contributed by atoms with Crippen molar-refractivity contribution in [1.29, 1.82) is 0 Å². The van der Waals surface area contributed by atoms with Crippen LogP contribution >= 0.6 is 0 Å². The van der Waals surface area contributed by atoms with E-state index < -0.39 is 5.82 Å². The summed E-state index contributed by atoms with van der Waals surface area (Å²) in [5.41, 5.74) is 2.60. The minimum Gasteiger partial charge on any atom is -0.338 e. The summed E-state index contributed by atoms with van der Waals surface area (Å²) in [5, 5.41) is 4.45. The number of nitrogens with zero attached hydrogens (tertiary/aromatic N) is 4. The van der Waals surface area contributed by atoms with Crippen LogP contribution in [0, 0.1) is 5.82 Å². The van der Waals surface area contributed by atoms with Crippen molar-refractivity contribution in [3.63, 3.8) is 0 Å². The quantitative estimate of drug-likeness (QED) is 0.466. The first-order chi connectivity index (χ1) is 16.5. The minimum absolute atomic E-state index is 0.0758. The van der Waals surface area contributed by atoms with Crippen LogP contribution < -0.4 is 4.90 Å². The van der Waals surface area contributed by atoms with Gasteiger partial charge in [0.2, 0.25) is 5.88 Å². The molecule has 0 aliphatic carbocycles. The molecule has 0 radical (unpaired) electrons. The Balaban J connectivity index is 1.75. The normalized spacial score (nSPS) is 16.1. The Kier molecular flexibility index (Phi) is 7.63. The fourth-order valence-electron chi connectivity index (χ4n) is 4.46. The number of benzene rings is 2. The van der Waals surface area contributed by atoms with E-state index in [2.05, 4.69) is 17.0 Å². The summed E-state index contributed by atoms with van der Waals surface area (Å²) in [6, 6.07) is 16.4. The molecule has 1 aromatic heterocycles. The van der Waals surface area contributed by atoms with Crippen molar-refractivity contribution in [2.24, 2.45) is 0 Å². The molecule has 1 atom stereocenters. The zero-order valence-electron chi connectivity index (χ0n) is 20.2. The highest BCUT2D eigenvalue weighted by Crippen LogP contribution is 2.35. The summed E-state index contributed by atoms with van der Waals surface area (Å²) < 4.78 is 20.5. The zero-order valence-corrected chi connectivity index (χ0v) is 20.2. The van der Waals surface area contributed by atoms with E-state index in [9.17, 15) is 9.18 Å². The number of aromatic nitrogens is 1. The summed E-state index contributed by atoms with van der Waals surface area (Å²) >= 11 is 0. The second-order valence-electron chi connectivity index (χ2n) is 9.23. The van der Waals surface area contributed by atoms with Crippen LogP contribution in [0.1, 0.15) is 42.1 Å². The van der Waals surface area contributed by atoms with Crippen molar-refractivity contribution in [2.75, 3.05) is 38.6 Å². The largest absolute Gasteiger partial charge is 0.338 e. The van der Waals surface area contributed by atoms with E-state index in [1.54, 1.807) is 23.1 Å². The number of carbonyl (C=O) groups excluding carboxylic acids is 1. The van der Waals surface area contributed by atoms with Gasteiger partial charge >= 0.3 is 0 Å². The van der Waals surface area contributed by atoms with Crippen LogP contribution in [0.3, 0.4) is 0 Å². The van der Waals surface area contributed by atoms with Crippen LogP contribution in [-0.2, 0) is 6.54 Å². The first kappa shape index (κ1) is 24.0. The van der Waals surface area contributed by atoms with E-state index in [1.807, 2.05) is 49.3 Å². The highest BCUT2D eigenvalue weighted by atomic mass is 19.1. The Morgan fingerprint density at radius 2 is 1.82 bits per heavy atom. The third kappa shape index (κ3) is 5.30. The van der Waals surface area contributed by atoms with Gasteiger partial charge < -0.3 is 19.2 Å². The fraction of sp³-hybridized carbons (Fsp3) is 0.407. The number of rotatable bonds is 8. The lowest BCUT2D eigenvalue weighted by Gasteiger charge is -2.34. The smallest absolute Gasteiger partial charge is 0.257 e. The Labute approximate surface area is 200 Å². The van der Waals surface area contributed by atoms with Gasteiger partial charge in [-0.3, -0.25) is 4.79 Å². The molecule has 1 saturated heterocycles. The van der Waals surface area contributed by atoms with E-state index in [4.69, 9.17) is 4.52 Å². The number of likely N-dealkylation sites (N-methyl/N-ethyl adjacent to an activating group) is 1. The molecule has 0 bridgehead atoms. The van der Waals surface area contributed by atoms with Gasteiger partial charge in [-0.15, -0.1) is 0 Å². The molecule has 0 spiro atoms. The number of anilines is 1. The van der Waals surface area contributed by atoms with E-state index in [0.717, 1.165) is 36.2 Å². The third-order valence-corrected chi connectivity index (χ3v) is 6.44. The van der Waals surface area contributed by atoms with Gasteiger partial charge in [-0.05, 0) is 52.4 Å². The third-order valence-electron chi connectivity index (χ3n) is 6.44. The number of carbonyl (C=O) groups is 1. The second-order valence-corrected chi connectivity index (χ2v) is 9.23. The van der Waals surface area contributed by atoms with Gasteiger partial charge in [0, 0.05) is 31.2 Å². The molecule has 1 unspecified atom stereocenters. The van der Waals surface area contributed by atoms with Gasteiger partial charge in [0.15, 0.2) is 0 Å². The molecular formula is C27H33FN4O2. The second kappa shape index (κ2) is 10.8. The van der Waals surface area contributed by atoms with E-state index in [1.165, 1.54) is 12.5 Å². The standard InChI is InChI=1S/C27H33FN4O2/c1-20-11-9-10-16-32(20)27-23(25(29-34-27)21-12-5-4-6-13-21)19-31(18-17-30(2)3)26(33)22-14-7-8-15-24(22)28/h4-8,12-15,20H,9-11,16-19H2,1-3H3. The monoisotopic (exact) mass is 464 g/mol. The lowest BCUT2D eigenvalue weighted by atomic mass is 10.0. The predicted octanol–water partition coefficient (Wildman–Crippen LogP) is 5.06. The summed E-state index contributed by atoms with van der Waals surface area (Å²) in [6.45, 7) is 4.47. The Morgan fingerprint density at radius 1 is 1.09 bits per heavy atom. The molecule has 6 nitrogen and oxygen atoms in total. The van der Waals surface area contributed by atoms with Gasteiger partial charge in [0.1, 0.15) is 11.5 Å². The molecule has 1 amide bonds. The maximum atomic E-state index is 14.5. The molecule has 0 saturated carbocycles.